The van der Waals surface area contributed by atoms with Crippen molar-refractivity contribution < 1.29 is 13.9 Å². The van der Waals surface area contributed by atoms with Gasteiger partial charge < -0.3 is 14.9 Å². The smallest absolute Gasteiger partial charge is 0.360 e. The van der Waals surface area contributed by atoms with Gasteiger partial charge in [-0.2, -0.15) is 0 Å². The highest BCUT2D eigenvalue weighted by atomic mass is 16.5. The number of esters is 1. The molecule has 0 aliphatic heterocycles. The zero-order chi connectivity index (χ0) is 13.8. The van der Waals surface area contributed by atoms with Crippen molar-refractivity contribution in [1.29, 1.82) is 0 Å². The summed E-state index contributed by atoms with van der Waals surface area (Å²) in [6.45, 7) is 1.66. The lowest BCUT2D eigenvalue weighted by Gasteiger charge is -2.06. The van der Waals surface area contributed by atoms with Gasteiger partial charge in [0, 0.05) is 0 Å². The highest BCUT2D eigenvalue weighted by Gasteiger charge is 2.21. The Morgan fingerprint density at radius 2 is 2.11 bits per heavy atom. The van der Waals surface area contributed by atoms with E-state index in [1.54, 1.807) is 6.92 Å². The molecular weight excluding hydrogens is 244 g/mol. The van der Waals surface area contributed by atoms with Crippen molar-refractivity contribution >= 4 is 5.97 Å². The third kappa shape index (κ3) is 3.00. The SMILES string of the molecule is COC(=O)c1nc([C@@H](N)Cc2ccccc2)oc1C. The monoisotopic (exact) mass is 260 g/mol. The first kappa shape index (κ1) is 13.3. The topological polar surface area (TPSA) is 78.3 Å². The van der Waals surface area contributed by atoms with Crippen molar-refractivity contribution in [2.24, 2.45) is 5.73 Å². The lowest BCUT2D eigenvalue weighted by Crippen LogP contribution is -2.14. The average molecular weight is 260 g/mol. The van der Waals surface area contributed by atoms with Crippen LogP contribution in [0, 0.1) is 6.92 Å². The van der Waals surface area contributed by atoms with E-state index in [1.165, 1.54) is 7.11 Å². The van der Waals surface area contributed by atoms with E-state index in [1.807, 2.05) is 30.3 Å². The lowest BCUT2D eigenvalue weighted by atomic mass is 10.1. The summed E-state index contributed by atoms with van der Waals surface area (Å²) in [5.74, 6) is 0.256. The van der Waals surface area contributed by atoms with Gasteiger partial charge in [0.15, 0.2) is 5.69 Å². The van der Waals surface area contributed by atoms with E-state index in [-0.39, 0.29) is 11.7 Å². The molecule has 100 valence electrons. The second-order valence-corrected chi connectivity index (χ2v) is 4.24. The molecule has 5 heteroatoms. The number of ether oxygens (including phenoxy) is 1. The van der Waals surface area contributed by atoms with E-state index in [4.69, 9.17) is 10.2 Å². The summed E-state index contributed by atoms with van der Waals surface area (Å²) in [7, 11) is 1.31. The Morgan fingerprint density at radius 1 is 1.42 bits per heavy atom. The second kappa shape index (κ2) is 5.67. The van der Waals surface area contributed by atoms with Crippen molar-refractivity contribution in [1.82, 2.24) is 4.98 Å². The standard InChI is InChI=1S/C14H16N2O3/c1-9-12(14(17)18-2)16-13(19-9)11(15)8-10-6-4-3-5-7-10/h3-7,11H,8,15H2,1-2H3/t11-/m0/s1. The Bertz CT molecular complexity index is 563. The molecule has 2 rings (SSSR count). The van der Waals surface area contributed by atoms with Crippen molar-refractivity contribution in [2.45, 2.75) is 19.4 Å². The molecule has 19 heavy (non-hydrogen) atoms. The summed E-state index contributed by atoms with van der Waals surface area (Å²) >= 11 is 0. The number of rotatable bonds is 4. The summed E-state index contributed by atoms with van der Waals surface area (Å²) in [5, 5.41) is 0. The maximum atomic E-state index is 11.4. The Balaban J connectivity index is 2.16. The minimum atomic E-state index is -0.514. The fourth-order valence-electron chi connectivity index (χ4n) is 1.82. The number of aryl methyl sites for hydroxylation is 1. The zero-order valence-corrected chi connectivity index (χ0v) is 10.9. The second-order valence-electron chi connectivity index (χ2n) is 4.24. The Kier molecular flexibility index (Phi) is 3.97. The number of benzene rings is 1. The van der Waals surface area contributed by atoms with E-state index in [2.05, 4.69) is 9.72 Å². The zero-order valence-electron chi connectivity index (χ0n) is 10.9. The molecule has 0 bridgehead atoms. The third-order valence-electron chi connectivity index (χ3n) is 2.81. The molecule has 1 atom stereocenters. The largest absolute Gasteiger partial charge is 0.464 e. The van der Waals surface area contributed by atoms with Crippen LogP contribution in [0.2, 0.25) is 0 Å². The van der Waals surface area contributed by atoms with Gasteiger partial charge in [0.05, 0.1) is 13.2 Å². The van der Waals surface area contributed by atoms with Crippen LogP contribution >= 0.6 is 0 Å². The molecule has 0 spiro atoms. The molecule has 1 aromatic carbocycles. The van der Waals surface area contributed by atoms with Crippen LogP contribution < -0.4 is 5.73 Å². The van der Waals surface area contributed by atoms with Crippen molar-refractivity contribution in [3.63, 3.8) is 0 Å². The van der Waals surface area contributed by atoms with Crippen molar-refractivity contribution in [3.05, 3.63) is 53.2 Å². The summed E-state index contributed by atoms with van der Waals surface area (Å²) in [6.07, 6.45) is 0.599. The third-order valence-corrected chi connectivity index (χ3v) is 2.81. The van der Waals surface area contributed by atoms with E-state index in [0.29, 0.717) is 18.1 Å². The van der Waals surface area contributed by atoms with E-state index >= 15 is 0 Å². The van der Waals surface area contributed by atoms with Crippen LogP contribution in [0.25, 0.3) is 0 Å². The quantitative estimate of drug-likeness (QED) is 0.851. The molecule has 0 unspecified atom stereocenters. The molecular formula is C14H16N2O3. The maximum absolute atomic E-state index is 11.4. The predicted octanol–water partition coefficient (Wildman–Crippen LogP) is 2.01. The number of carbonyl (C=O) groups excluding carboxylic acids is 1. The van der Waals surface area contributed by atoms with Crippen LogP contribution in [0.1, 0.15) is 33.7 Å². The molecule has 0 amide bonds. The lowest BCUT2D eigenvalue weighted by molar-refractivity contribution is 0.0593. The number of hydrogen-bond donors (Lipinski definition) is 1. The molecule has 2 aromatic rings. The van der Waals surface area contributed by atoms with E-state index in [0.717, 1.165) is 5.56 Å². The van der Waals surface area contributed by atoms with Crippen LogP contribution in [0.3, 0.4) is 0 Å². The Labute approximate surface area is 111 Å². The van der Waals surface area contributed by atoms with Crippen LogP contribution in [0.5, 0.6) is 0 Å². The molecule has 1 heterocycles. The molecule has 0 aliphatic rings. The Hall–Kier alpha value is -2.14. The van der Waals surface area contributed by atoms with Gasteiger partial charge in [0.1, 0.15) is 5.76 Å². The van der Waals surface area contributed by atoms with Gasteiger partial charge in [-0.05, 0) is 18.9 Å². The first-order valence-corrected chi connectivity index (χ1v) is 5.97. The van der Waals surface area contributed by atoms with Crippen LogP contribution in [0.15, 0.2) is 34.7 Å². The van der Waals surface area contributed by atoms with Gasteiger partial charge in [-0.3, -0.25) is 0 Å². The normalized spacial score (nSPS) is 12.2. The average Bonchev–Trinajstić information content (AvgIpc) is 2.81. The Morgan fingerprint density at radius 3 is 2.74 bits per heavy atom. The van der Waals surface area contributed by atoms with E-state index < -0.39 is 5.97 Å². The minimum Gasteiger partial charge on any atom is -0.464 e. The molecule has 2 N–H and O–H groups in total. The molecule has 5 nitrogen and oxygen atoms in total. The van der Waals surface area contributed by atoms with Gasteiger partial charge in [0.25, 0.3) is 0 Å². The van der Waals surface area contributed by atoms with Crippen LogP contribution in [-0.2, 0) is 11.2 Å². The van der Waals surface area contributed by atoms with Gasteiger partial charge in [-0.1, -0.05) is 30.3 Å². The van der Waals surface area contributed by atoms with Crippen LogP contribution in [-0.4, -0.2) is 18.1 Å². The fraction of sp³-hybridized carbons (Fsp3) is 0.286. The molecule has 0 saturated heterocycles. The molecule has 1 aromatic heterocycles. The molecule has 0 fully saturated rings. The highest BCUT2D eigenvalue weighted by molar-refractivity contribution is 5.88. The number of carbonyl (C=O) groups is 1. The number of nitrogens with zero attached hydrogens (tertiary/aromatic N) is 1. The van der Waals surface area contributed by atoms with Crippen molar-refractivity contribution in [2.75, 3.05) is 7.11 Å². The molecule has 0 radical (unpaired) electrons. The number of hydrogen-bond acceptors (Lipinski definition) is 5. The number of methoxy groups -OCH3 is 1. The summed E-state index contributed by atoms with van der Waals surface area (Å²) < 4.78 is 10.1. The number of nitrogens with two attached hydrogens (primary N) is 1. The van der Waals surface area contributed by atoms with Crippen molar-refractivity contribution in [3.8, 4) is 0 Å². The summed E-state index contributed by atoms with van der Waals surface area (Å²) in [5.41, 5.74) is 7.31. The van der Waals surface area contributed by atoms with E-state index in [9.17, 15) is 4.79 Å². The summed E-state index contributed by atoms with van der Waals surface area (Å²) in [4.78, 5) is 15.6. The van der Waals surface area contributed by atoms with Gasteiger partial charge in [0.2, 0.25) is 5.89 Å². The highest BCUT2D eigenvalue weighted by Crippen LogP contribution is 2.19. The fourth-order valence-corrected chi connectivity index (χ4v) is 1.82. The van der Waals surface area contributed by atoms with Gasteiger partial charge in [-0.25, -0.2) is 9.78 Å². The summed E-state index contributed by atoms with van der Waals surface area (Å²) in [6, 6.07) is 9.42. The first-order chi connectivity index (χ1) is 9.11. The maximum Gasteiger partial charge on any atom is 0.360 e. The minimum absolute atomic E-state index is 0.181. The van der Waals surface area contributed by atoms with Crippen LogP contribution in [0.4, 0.5) is 0 Å². The predicted molar refractivity (Wildman–Crippen MR) is 69.7 cm³/mol. The number of oxazole rings is 1. The number of aromatic nitrogens is 1. The molecule has 0 saturated carbocycles. The van der Waals surface area contributed by atoms with Gasteiger partial charge >= 0.3 is 5.97 Å². The van der Waals surface area contributed by atoms with Gasteiger partial charge in [-0.15, -0.1) is 0 Å². The first-order valence-electron chi connectivity index (χ1n) is 5.97. The molecule has 0 aliphatic carbocycles.